The second kappa shape index (κ2) is 6.26. The Morgan fingerprint density at radius 3 is 2.67 bits per heavy atom. The number of nitrogens with two attached hydrogens (primary N) is 2. The molecule has 1 aromatic carbocycles. The maximum atomic E-state index is 11.2. The Morgan fingerprint density at radius 1 is 1.44 bits per heavy atom. The Kier molecular flexibility index (Phi) is 4.97. The van der Waals surface area contributed by atoms with Crippen molar-refractivity contribution in [1.82, 2.24) is 0 Å². The summed E-state index contributed by atoms with van der Waals surface area (Å²) in [6.45, 7) is 5.28. The van der Waals surface area contributed by atoms with Crippen LogP contribution in [-0.4, -0.2) is 32.2 Å². The van der Waals surface area contributed by atoms with Crippen molar-refractivity contribution >= 4 is 17.3 Å². The normalized spacial score (nSPS) is 10.7. The number of likely N-dealkylation sites (N-methyl/N-ethyl adjacent to an activating group) is 1. The first-order valence-corrected chi connectivity index (χ1v) is 5.94. The van der Waals surface area contributed by atoms with Gasteiger partial charge < -0.3 is 21.1 Å². The Hall–Kier alpha value is -1.75. The lowest BCUT2D eigenvalue weighted by Crippen LogP contribution is -2.25. The molecule has 4 N–H and O–H groups in total. The number of nitrogen functional groups attached to an aromatic ring is 1. The minimum absolute atomic E-state index is 0.202. The molecule has 0 fully saturated rings. The molecule has 5 nitrogen and oxygen atoms in total. The van der Waals surface area contributed by atoms with E-state index in [2.05, 4.69) is 0 Å². The number of primary amides is 1. The largest absolute Gasteiger partial charge is 0.396 e. The van der Waals surface area contributed by atoms with Crippen LogP contribution >= 0.6 is 0 Å². The number of carbonyl (C=O) groups is 1. The van der Waals surface area contributed by atoms with Crippen LogP contribution in [0.25, 0.3) is 0 Å². The van der Waals surface area contributed by atoms with Crippen molar-refractivity contribution in [2.45, 2.75) is 20.0 Å². The van der Waals surface area contributed by atoms with Gasteiger partial charge in [-0.2, -0.15) is 0 Å². The summed E-state index contributed by atoms with van der Waals surface area (Å²) in [4.78, 5) is 13.1. The molecule has 100 valence electrons. The van der Waals surface area contributed by atoms with Crippen LogP contribution in [0.15, 0.2) is 18.2 Å². The first-order chi connectivity index (χ1) is 8.43. The molecule has 5 heteroatoms. The zero-order valence-corrected chi connectivity index (χ0v) is 11.1. The Balaban J connectivity index is 2.76. The van der Waals surface area contributed by atoms with Crippen LogP contribution in [0.5, 0.6) is 0 Å². The highest BCUT2D eigenvalue weighted by Gasteiger charge is 2.12. The average molecular weight is 251 g/mol. The van der Waals surface area contributed by atoms with Crippen LogP contribution in [-0.2, 0) is 4.74 Å². The van der Waals surface area contributed by atoms with Gasteiger partial charge in [0.05, 0.1) is 29.6 Å². The van der Waals surface area contributed by atoms with E-state index in [1.54, 1.807) is 12.1 Å². The minimum atomic E-state index is -0.513. The summed E-state index contributed by atoms with van der Waals surface area (Å²) >= 11 is 0. The fourth-order valence-electron chi connectivity index (χ4n) is 1.65. The number of rotatable bonds is 6. The molecule has 1 aromatic rings. The van der Waals surface area contributed by atoms with Gasteiger partial charge in [0.15, 0.2) is 0 Å². The number of hydrogen-bond acceptors (Lipinski definition) is 4. The molecule has 0 heterocycles. The van der Waals surface area contributed by atoms with Gasteiger partial charge in [-0.05, 0) is 26.0 Å². The molecule has 0 aliphatic heterocycles. The van der Waals surface area contributed by atoms with Gasteiger partial charge in [0.1, 0.15) is 0 Å². The van der Waals surface area contributed by atoms with E-state index < -0.39 is 5.91 Å². The highest BCUT2D eigenvalue weighted by molar-refractivity contribution is 6.00. The summed E-state index contributed by atoms with van der Waals surface area (Å²) in [7, 11) is 1.90. The summed E-state index contributed by atoms with van der Waals surface area (Å²) in [6.07, 6.45) is 0.202. The molecular weight excluding hydrogens is 230 g/mol. The zero-order valence-electron chi connectivity index (χ0n) is 11.1. The van der Waals surface area contributed by atoms with E-state index in [-0.39, 0.29) is 6.10 Å². The molecule has 0 spiro atoms. The van der Waals surface area contributed by atoms with Crippen molar-refractivity contribution in [2.24, 2.45) is 5.73 Å². The van der Waals surface area contributed by atoms with Crippen LogP contribution in [0.4, 0.5) is 11.4 Å². The van der Waals surface area contributed by atoms with E-state index in [1.807, 2.05) is 31.9 Å². The molecule has 0 saturated heterocycles. The van der Waals surface area contributed by atoms with Crippen molar-refractivity contribution in [2.75, 3.05) is 30.8 Å². The third-order valence-corrected chi connectivity index (χ3v) is 2.64. The molecule has 0 unspecified atom stereocenters. The number of amides is 1. The maximum Gasteiger partial charge on any atom is 0.250 e. The first kappa shape index (κ1) is 14.3. The molecular formula is C13H21N3O2. The average Bonchev–Trinajstić information content (AvgIpc) is 2.28. The van der Waals surface area contributed by atoms with E-state index in [1.165, 1.54) is 0 Å². The second-order valence-corrected chi connectivity index (χ2v) is 4.44. The smallest absolute Gasteiger partial charge is 0.250 e. The van der Waals surface area contributed by atoms with Crippen molar-refractivity contribution in [3.8, 4) is 0 Å². The van der Waals surface area contributed by atoms with E-state index in [9.17, 15) is 4.79 Å². The number of carbonyl (C=O) groups excluding carboxylic acids is 1. The SMILES string of the molecule is CC(C)OCCN(C)c1cccc(C(N)=O)c1N. The van der Waals surface area contributed by atoms with Gasteiger partial charge in [0.2, 0.25) is 0 Å². The monoisotopic (exact) mass is 251 g/mol. The molecule has 0 radical (unpaired) electrons. The predicted octanol–water partition coefficient (Wildman–Crippen LogP) is 1.23. The number of hydrogen-bond donors (Lipinski definition) is 2. The van der Waals surface area contributed by atoms with Crippen LogP contribution < -0.4 is 16.4 Å². The number of ether oxygens (including phenoxy) is 1. The highest BCUT2D eigenvalue weighted by atomic mass is 16.5. The third kappa shape index (κ3) is 3.63. The van der Waals surface area contributed by atoms with Crippen molar-refractivity contribution in [3.05, 3.63) is 23.8 Å². The lowest BCUT2D eigenvalue weighted by molar-refractivity contribution is 0.0846. The fourth-order valence-corrected chi connectivity index (χ4v) is 1.65. The van der Waals surface area contributed by atoms with Gasteiger partial charge in [0.25, 0.3) is 5.91 Å². The van der Waals surface area contributed by atoms with Gasteiger partial charge in [-0.1, -0.05) is 6.07 Å². The van der Waals surface area contributed by atoms with Crippen LogP contribution in [0.3, 0.4) is 0 Å². The fraction of sp³-hybridized carbons (Fsp3) is 0.462. The van der Waals surface area contributed by atoms with Crippen LogP contribution in [0.2, 0.25) is 0 Å². The Morgan fingerprint density at radius 2 is 2.11 bits per heavy atom. The number of anilines is 2. The summed E-state index contributed by atoms with van der Waals surface area (Å²) in [5.41, 5.74) is 12.8. The summed E-state index contributed by atoms with van der Waals surface area (Å²) in [5, 5.41) is 0. The van der Waals surface area contributed by atoms with Crippen molar-refractivity contribution in [3.63, 3.8) is 0 Å². The quantitative estimate of drug-likeness (QED) is 0.745. The molecule has 0 aliphatic rings. The van der Waals surface area contributed by atoms with Crippen LogP contribution in [0.1, 0.15) is 24.2 Å². The van der Waals surface area contributed by atoms with E-state index in [0.717, 1.165) is 5.69 Å². The highest BCUT2D eigenvalue weighted by Crippen LogP contribution is 2.25. The molecule has 0 atom stereocenters. The maximum absolute atomic E-state index is 11.2. The predicted molar refractivity (Wildman–Crippen MR) is 73.7 cm³/mol. The lowest BCUT2D eigenvalue weighted by atomic mass is 10.1. The van der Waals surface area contributed by atoms with Gasteiger partial charge in [-0.15, -0.1) is 0 Å². The van der Waals surface area contributed by atoms with E-state index in [4.69, 9.17) is 16.2 Å². The van der Waals surface area contributed by atoms with Gasteiger partial charge in [0, 0.05) is 13.6 Å². The number of nitrogens with zero attached hydrogens (tertiary/aromatic N) is 1. The van der Waals surface area contributed by atoms with Gasteiger partial charge >= 0.3 is 0 Å². The molecule has 0 bridgehead atoms. The molecule has 0 aromatic heterocycles. The van der Waals surface area contributed by atoms with E-state index >= 15 is 0 Å². The topological polar surface area (TPSA) is 81.6 Å². The number of benzene rings is 1. The minimum Gasteiger partial charge on any atom is -0.396 e. The first-order valence-electron chi connectivity index (χ1n) is 5.94. The van der Waals surface area contributed by atoms with Crippen LogP contribution in [0, 0.1) is 0 Å². The summed E-state index contributed by atoms with van der Waals surface area (Å²) in [5.74, 6) is -0.513. The molecule has 0 aliphatic carbocycles. The second-order valence-electron chi connectivity index (χ2n) is 4.44. The summed E-state index contributed by atoms with van der Waals surface area (Å²) in [6, 6.07) is 5.25. The standard InChI is InChI=1S/C13H21N3O2/c1-9(2)18-8-7-16(3)11-6-4-5-10(12(11)14)13(15)17/h4-6,9H,7-8,14H2,1-3H3,(H2,15,17). The summed E-state index contributed by atoms with van der Waals surface area (Å²) < 4.78 is 5.48. The molecule has 1 amide bonds. The molecule has 0 saturated carbocycles. The van der Waals surface area contributed by atoms with Crippen molar-refractivity contribution < 1.29 is 9.53 Å². The Bertz CT molecular complexity index is 419. The van der Waals surface area contributed by atoms with Gasteiger partial charge in [-0.3, -0.25) is 4.79 Å². The number of para-hydroxylation sites is 1. The van der Waals surface area contributed by atoms with Crippen molar-refractivity contribution in [1.29, 1.82) is 0 Å². The van der Waals surface area contributed by atoms with E-state index in [0.29, 0.717) is 24.4 Å². The van der Waals surface area contributed by atoms with Gasteiger partial charge in [-0.25, -0.2) is 0 Å². The third-order valence-electron chi connectivity index (χ3n) is 2.64. The zero-order chi connectivity index (χ0) is 13.7. The Labute approximate surface area is 108 Å². The molecule has 18 heavy (non-hydrogen) atoms. The lowest BCUT2D eigenvalue weighted by Gasteiger charge is -2.22. The molecule has 1 rings (SSSR count).